The molecular weight excluding hydrogens is 308 g/mol. The molecule has 106 valence electrons. The first-order chi connectivity index (χ1) is 8.73. The second-order valence-electron chi connectivity index (χ2n) is 6.19. The van der Waals surface area contributed by atoms with Crippen molar-refractivity contribution in [1.82, 2.24) is 0 Å². The fourth-order valence-electron chi connectivity index (χ4n) is 2.61. The van der Waals surface area contributed by atoms with Crippen molar-refractivity contribution >= 4 is 15.9 Å². The van der Waals surface area contributed by atoms with E-state index in [2.05, 4.69) is 43.6 Å². The number of ether oxygens (including phenoxy) is 2. The van der Waals surface area contributed by atoms with Crippen molar-refractivity contribution in [2.24, 2.45) is 0 Å². The lowest BCUT2D eigenvalue weighted by Gasteiger charge is -2.27. The molecule has 1 aliphatic rings. The summed E-state index contributed by atoms with van der Waals surface area (Å²) in [6.45, 7) is 8.27. The van der Waals surface area contributed by atoms with Crippen LogP contribution in [-0.2, 0) is 11.3 Å². The third kappa shape index (κ3) is 3.30. The van der Waals surface area contributed by atoms with Crippen LogP contribution in [0, 0.1) is 0 Å². The summed E-state index contributed by atoms with van der Waals surface area (Å²) >= 11 is 3.40. The van der Waals surface area contributed by atoms with Gasteiger partial charge in [-0.2, -0.15) is 0 Å². The Labute approximate surface area is 123 Å². The molecule has 1 atom stereocenters. The maximum absolute atomic E-state index is 9.28. The van der Waals surface area contributed by atoms with Gasteiger partial charge in [-0.3, -0.25) is 0 Å². The molecule has 0 amide bonds. The largest absolute Gasteiger partial charge is 0.487 e. The molecule has 1 N–H and O–H groups in total. The Morgan fingerprint density at radius 2 is 2.05 bits per heavy atom. The molecule has 0 aromatic heterocycles. The fourth-order valence-corrected chi connectivity index (χ4v) is 2.98. The van der Waals surface area contributed by atoms with E-state index in [0.29, 0.717) is 0 Å². The third-order valence-electron chi connectivity index (χ3n) is 3.46. The van der Waals surface area contributed by atoms with E-state index in [0.717, 1.165) is 22.2 Å². The van der Waals surface area contributed by atoms with Crippen LogP contribution < -0.4 is 4.74 Å². The monoisotopic (exact) mass is 328 g/mol. The number of hydrogen-bond donors (Lipinski definition) is 1. The molecule has 1 saturated heterocycles. The van der Waals surface area contributed by atoms with Crippen LogP contribution in [0.3, 0.4) is 0 Å². The molecule has 4 heteroatoms. The van der Waals surface area contributed by atoms with Crippen LogP contribution in [0.1, 0.15) is 39.7 Å². The summed E-state index contributed by atoms with van der Waals surface area (Å²) in [5, 5.41) is 9.28. The van der Waals surface area contributed by atoms with Crippen molar-refractivity contribution in [1.29, 1.82) is 0 Å². The Bertz CT molecular complexity index is 468. The Kier molecular flexibility index (Phi) is 3.96. The van der Waals surface area contributed by atoms with Gasteiger partial charge in [-0.15, -0.1) is 0 Å². The van der Waals surface area contributed by atoms with Gasteiger partial charge in [-0.25, -0.2) is 0 Å². The van der Waals surface area contributed by atoms with Crippen molar-refractivity contribution in [2.45, 2.75) is 58.0 Å². The summed E-state index contributed by atoms with van der Waals surface area (Å²) in [5.74, 6) is 0.770. The quantitative estimate of drug-likeness (QED) is 0.920. The maximum Gasteiger partial charge on any atom is 0.130 e. The van der Waals surface area contributed by atoms with E-state index in [-0.39, 0.29) is 23.9 Å². The number of aliphatic hydroxyl groups excluding tert-OH is 1. The normalized spacial score (nSPS) is 24.4. The van der Waals surface area contributed by atoms with Gasteiger partial charge in [0.15, 0.2) is 0 Å². The molecule has 1 aromatic carbocycles. The minimum absolute atomic E-state index is 0.00612. The molecule has 19 heavy (non-hydrogen) atoms. The summed E-state index contributed by atoms with van der Waals surface area (Å²) in [7, 11) is 0. The van der Waals surface area contributed by atoms with Gasteiger partial charge in [-0.1, -0.05) is 15.9 Å². The van der Waals surface area contributed by atoms with E-state index in [1.807, 2.05) is 18.2 Å². The standard InChI is InChI=1S/C15H21BrO3/c1-14(2)8-13(15(3,4)19-14)18-11-5-6-12(16)10(7-11)9-17/h5-7,13,17H,8-9H2,1-4H3. The zero-order valence-corrected chi connectivity index (χ0v) is 13.5. The second-order valence-corrected chi connectivity index (χ2v) is 7.04. The zero-order chi connectivity index (χ0) is 14.3. The van der Waals surface area contributed by atoms with E-state index in [1.54, 1.807) is 0 Å². The van der Waals surface area contributed by atoms with Crippen LogP contribution in [-0.4, -0.2) is 22.4 Å². The molecule has 1 fully saturated rings. The molecule has 1 aromatic rings. The molecule has 3 nitrogen and oxygen atoms in total. The maximum atomic E-state index is 9.28. The molecule has 0 spiro atoms. The number of aliphatic hydroxyl groups is 1. The minimum atomic E-state index is -0.310. The summed E-state index contributed by atoms with van der Waals surface area (Å²) in [6, 6.07) is 5.67. The second kappa shape index (κ2) is 5.08. The van der Waals surface area contributed by atoms with Crippen LogP contribution >= 0.6 is 15.9 Å². The van der Waals surface area contributed by atoms with E-state index < -0.39 is 0 Å². The van der Waals surface area contributed by atoms with Gasteiger partial charge in [-0.05, 0) is 51.5 Å². The summed E-state index contributed by atoms with van der Waals surface area (Å²) < 4.78 is 13.0. The van der Waals surface area contributed by atoms with E-state index >= 15 is 0 Å². The van der Waals surface area contributed by atoms with E-state index in [9.17, 15) is 5.11 Å². The third-order valence-corrected chi connectivity index (χ3v) is 4.23. The molecule has 0 aliphatic carbocycles. The van der Waals surface area contributed by atoms with Crippen LogP contribution in [0.15, 0.2) is 22.7 Å². The van der Waals surface area contributed by atoms with Gasteiger partial charge < -0.3 is 14.6 Å². The number of hydrogen-bond acceptors (Lipinski definition) is 3. The van der Waals surface area contributed by atoms with Gasteiger partial charge in [0.2, 0.25) is 0 Å². The lowest BCUT2D eigenvalue weighted by molar-refractivity contribution is -0.0846. The zero-order valence-electron chi connectivity index (χ0n) is 11.9. The van der Waals surface area contributed by atoms with Crippen LogP contribution in [0.5, 0.6) is 5.75 Å². The number of rotatable bonds is 3. The van der Waals surface area contributed by atoms with Crippen LogP contribution in [0.25, 0.3) is 0 Å². The van der Waals surface area contributed by atoms with Crippen LogP contribution in [0.2, 0.25) is 0 Å². The van der Waals surface area contributed by atoms with E-state index in [4.69, 9.17) is 9.47 Å². The van der Waals surface area contributed by atoms with Crippen molar-refractivity contribution < 1.29 is 14.6 Å². The smallest absolute Gasteiger partial charge is 0.130 e. The topological polar surface area (TPSA) is 38.7 Å². The molecule has 0 radical (unpaired) electrons. The average molecular weight is 329 g/mol. The summed E-state index contributed by atoms with van der Waals surface area (Å²) in [6.07, 6.45) is 0.861. The Morgan fingerprint density at radius 3 is 2.58 bits per heavy atom. The van der Waals surface area contributed by atoms with Crippen molar-refractivity contribution in [2.75, 3.05) is 0 Å². The van der Waals surface area contributed by atoms with Crippen LogP contribution in [0.4, 0.5) is 0 Å². The predicted octanol–water partition coefficient (Wildman–Crippen LogP) is 3.67. The molecule has 1 aliphatic heterocycles. The first-order valence-electron chi connectivity index (χ1n) is 6.50. The van der Waals surface area contributed by atoms with Crippen molar-refractivity contribution in [3.05, 3.63) is 28.2 Å². The Hall–Kier alpha value is -0.580. The van der Waals surface area contributed by atoms with Crippen molar-refractivity contribution in [3.8, 4) is 5.75 Å². The molecule has 0 saturated carbocycles. The van der Waals surface area contributed by atoms with Gasteiger partial charge in [0.25, 0.3) is 0 Å². The highest BCUT2D eigenvalue weighted by Crippen LogP contribution is 2.39. The van der Waals surface area contributed by atoms with Gasteiger partial charge in [0.05, 0.1) is 12.2 Å². The average Bonchev–Trinajstić information content (AvgIpc) is 2.49. The molecule has 1 unspecified atom stereocenters. The van der Waals surface area contributed by atoms with Gasteiger partial charge in [0, 0.05) is 10.9 Å². The molecule has 2 rings (SSSR count). The highest BCUT2D eigenvalue weighted by Gasteiger charge is 2.47. The van der Waals surface area contributed by atoms with Crippen molar-refractivity contribution in [3.63, 3.8) is 0 Å². The number of benzene rings is 1. The predicted molar refractivity (Wildman–Crippen MR) is 78.3 cm³/mol. The SMILES string of the molecule is CC1(C)CC(Oc2ccc(Br)c(CO)c2)C(C)(C)O1. The number of halogens is 1. The minimum Gasteiger partial charge on any atom is -0.487 e. The van der Waals surface area contributed by atoms with E-state index in [1.165, 1.54) is 0 Å². The Morgan fingerprint density at radius 1 is 1.37 bits per heavy atom. The lowest BCUT2D eigenvalue weighted by Crippen LogP contribution is -2.36. The first-order valence-corrected chi connectivity index (χ1v) is 7.29. The first kappa shape index (κ1) is 14.8. The van der Waals surface area contributed by atoms with Gasteiger partial charge >= 0.3 is 0 Å². The molecular formula is C15H21BrO3. The summed E-state index contributed by atoms with van der Waals surface area (Å²) in [4.78, 5) is 0. The van der Waals surface area contributed by atoms with Gasteiger partial charge in [0.1, 0.15) is 17.5 Å². The fraction of sp³-hybridized carbons (Fsp3) is 0.600. The Balaban J connectivity index is 2.17. The lowest BCUT2D eigenvalue weighted by atomic mass is 9.97. The molecule has 1 heterocycles. The highest BCUT2D eigenvalue weighted by atomic mass is 79.9. The highest BCUT2D eigenvalue weighted by molar-refractivity contribution is 9.10. The molecule has 0 bridgehead atoms. The summed E-state index contributed by atoms with van der Waals surface area (Å²) in [5.41, 5.74) is 0.354.